The van der Waals surface area contributed by atoms with E-state index in [4.69, 9.17) is 0 Å². The number of aromatic nitrogens is 3. The van der Waals surface area contributed by atoms with Gasteiger partial charge in [0.05, 0.1) is 17.1 Å². The number of anilines is 2. The van der Waals surface area contributed by atoms with Crippen LogP contribution in [0.2, 0.25) is 0 Å². The third-order valence-corrected chi connectivity index (χ3v) is 5.13. The van der Waals surface area contributed by atoms with Crippen LogP contribution in [-0.4, -0.2) is 33.4 Å². The quantitative estimate of drug-likeness (QED) is 0.715. The van der Waals surface area contributed by atoms with Crippen molar-refractivity contribution in [2.24, 2.45) is 0 Å². The van der Waals surface area contributed by atoms with E-state index in [0.717, 1.165) is 16.8 Å². The summed E-state index contributed by atoms with van der Waals surface area (Å²) in [6.07, 6.45) is 1.09. The molecule has 0 saturated carbocycles. The zero-order chi connectivity index (χ0) is 21.4. The molecule has 1 N–H and O–H groups in total. The van der Waals surface area contributed by atoms with Crippen molar-refractivity contribution < 1.29 is 14.0 Å². The monoisotopic (exact) mass is 407 g/mol. The molecule has 1 aromatic heterocycles. The molecule has 154 valence electrons. The number of carbonyl (C=O) groups excluding carboxylic acids is 2. The van der Waals surface area contributed by atoms with Crippen molar-refractivity contribution in [3.63, 3.8) is 0 Å². The summed E-state index contributed by atoms with van der Waals surface area (Å²) in [5.74, 6) is -1.07. The van der Waals surface area contributed by atoms with E-state index in [0.29, 0.717) is 30.8 Å². The molecular formula is C22H22FN5O2. The van der Waals surface area contributed by atoms with Crippen LogP contribution < -0.4 is 10.2 Å². The van der Waals surface area contributed by atoms with E-state index in [2.05, 4.69) is 15.5 Å². The van der Waals surface area contributed by atoms with Gasteiger partial charge in [-0.3, -0.25) is 9.59 Å². The van der Waals surface area contributed by atoms with Crippen LogP contribution in [0.4, 0.5) is 15.8 Å². The van der Waals surface area contributed by atoms with Crippen LogP contribution in [0.15, 0.2) is 36.4 Å². The minimum absolute atomic E-state index is 0.121. The molecule has 8 heteroatoms. The molecule has 1 aliphatic heterocycles. The maximum atomic E-state index is 14.2. The van der Waals surface area contributed by atoms with Crippen molar-refractivity contribution in [3.8, 4) is 5.69 Å². The number of hydrogen-bond donors (Lipinski definition) is 1. The van der Waals surface area contributed by atoms with Crippen LogP contribution in [0.3, 0.4) is 0 Å². The van der Waals surface area contributed by atoms with E-state index in [-0.39, 0.29) is 17.3 Å². The molecule has 7 nitrogen and oxygen atoms in total. The van der Waals surface area contributed by atoms with Crippen molar-refractivity contribution in [1.29, 1.82) is 0 Å². The fourth-order valence-electron chi connectivity index (χ4n) is 3.62. The first kappa shape index (κ1) is 19.8. The number of amides is 2. The minimum atomic E-state index is -0.500. The lowest BCUT2D eigenvalue weighted by Crippen LogP contribution is -2.25. The number of benzene rings is 2. The molecule has 0 bridgehead atoms. The van der Waals surface area contributed by atoms with Crippen LogP contribution in [0.1, 0.15) is 40.2 Å². The van der Waals surface area contributed by atoms with Gasteiger partial charge in [-0.1, -0.05) is 17.7 Å². The molecule has 0 atom stereocenters. The van der Waals surface area contributed by atoms with Crippen molar-refractivity contribution in [2.75, 3.05) is 16.8 Å². The Morgan fingerprint density at radius 2 is 1.87 bits per heavy atom. The van der Waals surface area contributed by atoms with E-state index >= 15 is 0 Å². The summed E-state index contributed by atoms with van der Waals surface area (Å²) in [6.45, 7) is 6.14. The van der Waals surface area contributed by atoms with Crippen molar-refractivity contribution >= 4 is 23.2 Å². The summed E-state index contributed by atoms with van der Waals surface area (Å²) in [5.41, 5.74) is 4.13. The second kappa shape index (κ2) is 7.70. The number of nitrogens with one attached hydrogen (secondary N) is 1. The molecule has 1 saturated heterocycles. The van der Waals surface area contributed by atoms with Gasteiger partial charge in [-0.05, 0) is 57.0 Å². The maximum Gasteiger partial charge on any atom is 0.278 e. The van der Waals surface area contributed by atoms with Gasteiger partial charge in [0.15, 0.2) is 5.69 Å². The number of carbonyl (C=O) groups is 2. The summed E-state index contributed by atoms with van der Waals surface area (Å²) in [5, 5.41) is 11.5. The van der Waals surface area contributed by atoms with Crippen molar-refractivity contribution in [1.82, 2.24) is 15.0 Å². The smallest absolute Gasteiger partial charge is 0.278 e. The van der Waals surface area contributed by atoms with Gasteiger partial charge in [-0.2, -0.15) is 9.90 Å². The van der Waals surface area contributed by atoms with E-state index in [1.165, 1.54) is 27.9 Å². The van der Waals surface area contributed by atoms with Gasteiger partial charge in [0.25, 0.3) is 5.91 Å². The molecule has 1 fully saturated rings. The van der Waals surface area contributed by atoms with E-state index in [9.17, 15) is 14.0 Å². The highest BCUT2D eigenvalue weighted by Crippen LogP contribution is 2.28. The van der Waals surface area contributed by atoms with Gasteiger partial charge < -0.3 is 10.2 Å². The second-order valence-electron chi connectivity index (χ2n) is 7.48. The lowest BCUT2D eigenvalue weighted by molar-refractivity contribution is -0.117. The molecule has 2 amide bonds. The lowest BCUT2D eigenvalue weighted by atomic mass is 10.1. The SMILES string of the molecule is Cc1ccc(-n2nc(C)c(C(=O)Nc3ccc(F)c(N4CCCC4=O)c3)n2)c(C)c1. The van der Waals surface area contributed by atoms with Gasteiger partial charge in [-0.25, -0.2) is 4.39 Å². The Morgan fingerprint density at radius 3 is 2.57 bits per heavy atom. The maximum absolute atomic E-state index is 14.2. The van der Waals surface area contributed by atoms with Crippen molar-refractivity contribution in [3.05, 3.63) is 64.7 Å². The number of nitrogens with zero attached hydrogens (tertiary/aromatic N) is 4. The van der Waals surface area contributed by atoms with E-state index < -0.39 is 11.7 Å². The highest BCUT2D eigenvalue weighted by atomic mass is 19.1. The molecule has 0 radical (unpaired) electrons. The molecule has 0 spiro atoms. The molecule has 0 aliphatic carbocycles. The van der Waals surface area contributed by atoms with Crippen molar-refractivity contribution in [2.45, 2.75) is 33.6 Å². The molecule has 2 heterocycles. The van der Waals surface area contributed by atoms with Gasteiger partial charge in [0.1, 0.15) is 5.82 Å². The van der Waals surface area contributed by atoms with Crippen LogP contribution in [0.5, 0.6) is 0 Å². The first-order valence-corrected chi connectivity index (χ1v) is 9.76. The Hall–Kier alpha value is -3.55. The summed E-state index contributed by atoms with van der Waals surface area (Å²) < 4.78 is 14.2. The van der Waals surface area contributed by atoms with Crippen LogP contribution in [0, 0.1) is 26.6 Å². The Kier molecular flexibility index (Phi) is 5.07. The first-order chi connectivity index (χ1) is 14.3. The highest BCUT2D eigenvalue weighted by molar-refractivity contribution is 6.04. The Bertz CT molecular complexity index is 1150. The minimum Gasteiger partial charge on any atom is -0.320 e. The highest BCUT2D eigenvalue weighted by Gasteiger charge is 2.25. The van der Waals surface area contributed by atoms with Gasteiger partial charge in [0, 0.05) is 18.7 Å². The second-order valence-corrected chi connectivity index (χ2v) is 7.48. The number of rotatable bonds is 4. The Morgan fingerprint density at radius 1 is 1.07 bits per heavy atom. The number of hydrogen-bond acceptors (Lipinski definition) is 4. The molecule has 0 unspecified atom stereocenters. The first-order valence-electron chi connectivity index (χ1n) is 9.76. The van der Waals surface area contributed by atoms with Gasteiger partial charge in [-0.15, -0.1) is 5.10 Å². The molecule has 1 aliphatic rings. The van der Waals surface area contributed by atoms with Crippen LogP contribution >= 0.6 is 0 Å². The standard InChI is InChI=1S/C22H22FN5O2/c1-13-6-9-18(14(2)11-13)28-25-15(3)21(26-28)22(30)24-16-7-8-17(23)19(12-16)27-10-4-5-20(27)29/h6-9,11-12H,4-5,10H2,1-3H3,(H,24,30). The third kappa shape index (κ3) is 3.68. The topological polar surface area (TPSA) is 80.1 Å². The lowest BCUT2D eigenvalue weighted by Gasteiger charge is -2.17. The zero-order valence-electron chi connectivity index (χ0n) is 17.1. The molecule has 4 rings (SSSR count). The van der Waals surface area contributed by atoms with Crippen LogP contribution in [-0.2, 0) is 4.79 Å². The van der Waals surface area contributed by atoms with Gasteiger partial charge in [0.2, 0.25) is 5.91 Å². The van der Waals surface area contributed by atoms with Gasteiger partial charge >= 0.3 is 0 Å². The largest absolute Gasteiger partial charge is 0.320 e. The van der Waals surface area contributed by atoms with E-state index in [1.54, 1.807) is 6.92 Å². The summed E-state index contributed by atoms with van der Waals surface area (Å²) >= 11 is 0. The average molecular weight is 407 g/mol. The molecule has 30 heavy (non-hydrogen) atoms. The summed E-state index contributed by atoms with van der Waals surface area (Å²) in [7, 11) is 0. The molecular weight excluding hydrogens is 385 g/mol. The normalized spacial score (nSPS) is 13.7. The number of aryl methyl sites for hydroxylation is 3. The van der Waals surface area contributed by atoms with Crippen LogP contribution in [0.25, 0.3) is 5.69 Å². The van der Waals surface area contributed by atoms with E-state index in [1.807, 2.05) is 32.0 Å². The fraction of sp³-hybridized carbons (Fsp3) is 0.273. The Balaban J connectivity index is 1.59. The predicted molar refractivity (Wildman–Crippen MR) is 112 cm³/mol. The third-order valence-electron chi connectivity index (χ3n) is 5.13. The Labute approximate surface area is 173 Å². The fourth-order valence-corrected chi connectivity index (χ4v) is 3.62. The summed E-state index contributed by atoms with van der Waals surface area (Å²) in [4.78, 5) is 27.6. The molecule has 3 aromatic rings. The number of halogens is 1. The molecule has 2 aromatic carbocycles. The zero-order valence-corrected chi connectivity index (χ0v) is 17.1. The summed E-state index contributed by atoms with van der Waals surface area (Å²) in [6, 6.07) is 10.1. The predicted octanol–water partition coefficient (Wildman–Crippen LogP) is 3.71. The average Bonchev–Trinajstić information content (AvgIpc) is 3.29.